The van der Waals surface area contributed by atoms with Crippen molar-refractivity contribution < 1.29 is 0 Å². The Hall–Kier alpha value is -0.120. The zero-order chi connectivity index (χ0) is 7.82. The minimum Gasteiger partial charge on any atom is -0.330 e. The summed E-state index contributed by atoms with van der Waals surface area (Å²) in [6.07, 6.45) is 1.40. The highest BCUT2D eigenvalue weighted by Crippen LogP contribution is 1.82. The van der Waals surface area contributed by atoms with Crippen molar-refractivity contribution in [3.63, 3.8) is 0 Å². The molecule has 0 saturated carbocycles. The van der Waals surface area contributed by atoms with Gasteiger partial charge in [-0.15, -0.1) is 0 Å². The average molecular weight is 145 g/mol. The summed E-state index contributed by atoms with van der Waals surface area (Å²) in [6, 6.07) is 0. The van der Waals surface area contributed by atoms with E-state index in [0.29, 0.717) is 6.17 Å². The van der Waals surface area contributed by atoms with E-state index >= 15 is 0 Å². The van der Waals surface area contributed by atoms with Gasteiger partial charge in [0.2, 0.25) is 0 Å². The number of nitrogens with two attached hydrogens (primary N) is 1. The Labute approximate surface area is 63.4 Å². The van der Waals surface area contributed by atoms with Crippen molar-refractivity contribution >= 4 is 0 Å². The van der Waals surface area contributed by atoms with Crippen molar-refractivity contribution in [3.8, 4) is 0 Å². The van der Waals surface area contributed by atoms with Crippen LogP contribution in [0.2, 0.25) is 0 Å². The lowest BCUT2D eigenvalue weighted by Crippen LogP contribution is -2.43. The van der Waals surface area contributed by atoms with E-state index in [2.05, 4.69) is 24.5 Å². The molecule has 0 aliphatic carbocycles. The van der Waals surface area contributed by atoms with Crippen LogP contribution >= 0.6 is 0 Å². The Morgan fingerprint density at radius 2 is 1.70 bits per heavy atom. The highest BCUT2D eigenvalue weighted by Gasteiger charge is 2.01. The van der Waals surface area contributed by atoms with Crippen molar-refractivity contribution in [1.29, 1.82) is 0 Å². The van der Waals surface area contributed by atoms with Crippen LogP contribution in [-0.4, -0.2) is 25.8 Å². The van der Waals surface area contributed by atoms with Crippen LogP contribution in [0.25, 0.3) is 0 Å². The summed E-state index contributed by atoms with van der Waals surface area (Å²) in [5, 5.41) is 6.59. The van der Waals surface area contributed by atoms with Crippen LogP contribution in [0.5, 0.6) is 0 Å². The summed E-state index contributed by atoms with van der Waals surface area (Å²) in [5.74, 6) is 0. The molecule has 4 N–H and O–H groups in total. The Kier molecular flexibility index (Phi) is 6.91. The first-order valence-corrected chi connectivity index (χ1v) is 4.02. The van der Waals surface area contributed by atoms with E-state index in [0.717, 1.165) is 26.1 Å². The normalized spacial score (nSPS) is 10.8. The van der Waals surface area contributed by atoms with Gasteiger partial charge < -0.3 is 16.4 Å². The van der Waals surface area contributed by atoms with Gasteiger partial charge in [0.15, 0.2) is 0 Å². The van der Waals surface area contributed by atoms with Crippen molar-refractivity contribution in [2.75, 3.05) is 19.6 Å². The molecule has 0 radical (unpaired) electrons. The first kappa shape index (κ1) is 9.88. The molecule has 62 valence electrons. The molecule has 0 aliphatic rings. The molecule has 0 aromatic heterocycles. The average Bonchev–Trinajstić information content (AvgIpc) is 1.90. The topological polar surface area (TPSA) is 50.1 Å². The molecule has 0 aromatic carbocycles. The van der Waals surface area contributed by atoms with E-state index in [9.17, 15) is 0 Å². The molecule has 0 amide bonds. The fourth-order valence-electron chi connectivity index (χ4n) is 0.936. The van der Waals surface area contributed by atoms with Crippen LogP contribution in [0.4, 0.5) is 0 Å². The largest absolute Gasteiger partial charge is 0.330 e. The van der Waals surface area contributed by atoms with Gasteiger partial charge in [0.05, 0.1) is 6.17 Å². The Bertz CT molecular complexity index is 51.6. The van der Waals surface area contributed by atoms with Crippen molar-refractivity contribution in [3.05, 3.63) is 0 Å². The molecule has 0 rings (SSSR count). The summed E-state index contributed by atoms with van der Waals surface area (Å²) in [6.45, 7) is 6.93. The zero-order valence-electron chi connectivity index (χ0n) is 6.98. The predicted octanol–water partition coefficient (Wildman–Crippen LogP) is -0.120. The quantitative estimate of drug-likeness (QED) is 0.457. The molecule has 3 heteroatoms. The molecule has 0 saturated heterocycles. The molecule has 0 atom stereocenters. The smallest absolute Gasteiger partial charge is 0.0583 e. The van der Waals surface area contributed by atoms with Gasteiger partial charge in [-0.3, -0.25) is 0 Å². The van der Waals surface area contributed by atoms with Gasteiger partial charge in [0.1, 0.15) is 0 Å². The van der Waals surface area contributed by atoms with Gasteiger partial charge in [-0.05, 0) is 26.1 Å². The van der Waals surface area contributed by atoms with Gasteiger partial charge in [0, 0.05) is 0 Å². The van der Waals surface area contributed by atoms with Crippen molar-refractivity contribution in [1.82, 2.24) is 10.6 Å². The molecule has 0 bridgehead atoms. The summed E-state index contributed by atoms with van der Waals surface area (Å²) < 4.78 is 0. The number of hydrogen-bond donors (Lipinski definition) is 3. The second kappa shape index (κ2) is 6.99. The van der Waals surface area contributed by atoms with E-state index in [1.807, 2.05) is 0 Å². The minimum atomic E-state index is 0.403. The summed E-state index contributed by atoms with van der Waals surface area (Å²) in [4.78, 5) is 0. The highest BCUT2D eigenvalue weighted by molar-refractivity contribution is 4.61. The molecule has 0 aromatic rings. The lowest BCUT2D eigenvalue weighted by molar-refractivity contribution is 0.423. The summed E-state index contributed by atoms with van der Waals surface area (Å²) >= 11 is 0. The molecule has 0 heterocycles. The molecule has 0 aliphatic heterocycles. The second-order valence-electron chi connectivity index (χ2n) is 2.25. The van der Waals surface area contributed by atoms with E-state index in [-0.39, 0.29) is 0 Å². The lowest BCUT2D eigenvalue weighted by Gasteiger charge is -2.17. The molecule has 10 heavy (non-hydrogen) atoms. The highest BCUT2D eigenvalue weighted by atomic mass is 15.1. The maximum atomic E-state index is 5.41. The third-order valence-corrected chi connectivity index (χ3v) is 1.36. The molecular formula is C7H19N3. The van der Waals surface area contributed by atoms with Gasteiger partial charge in [0.25, 0.3) is 0 Å². The minimum absolute atomic E-state index is 0.403. The maximum Gasteiger partial charge on any atom is 0.0583 e. The Morgan fingerprint density at radius 3 is 2.00 bits per heavy atom. The van der Waals surface area contributed by atoms with E-state index in [1.165, 1.54) is 0 Å². The first-order valence-electron chi connectivity index (χ1n) is 4.02. The van der Waals surface area contributed by atoms with Crippen LogP contribution in [0, 0.1) is 0 Å². The predicted molar refractivity (Wildman–Crippen MR) is 44.8 cm³/mol. The molecule has 3 nitrogen and oxygen atoms in total. The maximum absolute atomic E-state index is 5.41. The number of nitrogens with one attached hydrogen (secondary N) is 2. The Morgan fingerprint density at radius 1 is 1.20 bits per heavy atom. The molecule has 0 fully saturated rings. The second-order valence-corrected chi connectivity index (χ2v) is 2.25. The van der Waals surface area contributed by atoms with E-state index in [1.54, 1.807) is 0 Å². The van der Waals surface area contributed by atoms with E-state index < -0.39 is 0 Å². The van der Waals surface area contributed by atoms with Gasteiger partial charge in [-0.2, -0.15) is 0 Å². The zero-order valence-corrected chi connectivity index (χ0v) is 6.98. The first-order chi connectivity index (χ1) is 4.85. The van der Waals surface area contributed by atoms with Gasteiger partial charge in [-0.1, -0.05) is 13.8 Å². The Balaban J connectivity index is 3.30. The van der Waals surface area contributed by atoms with Crippen molar-refractivity contribution in [2.45, 2.75) is 26.4 Å². The van der Waals surface area contributed by atoms with Crippen molar-refractivity contribution in [2.24, 2.45) is 5.73 Å². The molecular weight excluding hydrogens is 126 g/mol. The third-order valence-electron chi connectivity index (χ3n) is 1.36. The van der Waals surface area contributed by atoms with Crippen LogP contribution in [-0.2, 0) is 0 Å². The standard InChI is InChI=1S/C7H19N3/c1-3-9-7(5-6-8)10-4-2/h7,9-10H,3-6,8H2,1-2H3. The monoisotopic (exact) mass is 145 g/mol. The van der Waals surface area contributed by atoms with Crippen LogP contribution in [0.3, 0.4) is 0 Å². The van der Waals surface area contributed by atoms with E-state index in [4.69, 9.17) is 5.73 Å². The van der Waals surface area contributed by atoms with Crippen LogP contribution in [0.1, 0.15) is 20.3 Å². The van der Waals surface area contributed by atoms with Crippen LogP contribution in [0.15, 0.2) is 0 Å². The molecule has 0 unspecified atom stereocenters. The van der Waals surface area contributed by atoms with Gasteiger partial charge in [-0.25, -0.2) is 0 Å². The lowest BCUT2D eigenvalue weighted by atomic mass is 10.3. The SMILES string of the molecule is CCNC(CCN)NCC. The number of rotatable bonds is 6. The van der Waals surface area contributed by atoms with Crippen LogP contribution < -0.4 is 16.4 Å². The fourth-order valence-corrected chi connectivity index (χ4v) is 0.936. The summed E-state index contributed by atoms with van der Waals surface area (Å²) in [5.41, 5.74) is 5.41. The fraction of sp³-hybridized carbons (Fsp3) is 1.00. The summed E-state index contributed by atoms with van der Waals surface area (Å²) in [7, 11) is 0. The number of hydrogen-bond acceptors (Lipinski definition) is 3. The van der Waals surface area contributed by atoms with Gasteiger partial charge >= 0.3 is 0 Å². The third kappa shape index (κ3) is 4.73. The molecule has 0 spiro atoms.